The predicted octanol–water partition coefficient (Wildman–Crippen LogP) is 8.20. The van der Waals surface area contributed by atoms with Gasteiger partial charge < -0.3 is 4.74 Å². The first-order valence-electron chi connectivity index (χ1n) is 8.53. The second-order valence-electron chi connectivity index (χ2n) is 6.20. The van der Waals surface area contributed by atoms with Crippen LogP contribution >= 0.6 is 34.8 Å². The van der Waals surface area contributed by atoms with E-state index in [1.807, 2.05) is 0 Å². The Morgan fingerprint density at radius 2 is 1.61 bits per heavy atom. The van der Waals surface area contributed by atoms with Crippen molar-refractivity contribution in [2.45, 2.75) is 25.2 Å². The van der Waals surface area contributed by atoms with Gasteiger partial charge in [-0.25, -0.2) is 4.79 Å². The Labute approximate surface area is 188 Å². The lowest BCUT2D eigenvalue weighted by molar-refractivity contribution is -0.139. The summed E-state index contributed by atoms with van der Waals surface area (Å²) in [6.07, 6.45) is -8.20. The molecule has 31 heavy (non-hydrogen) atoms. The quantitative estimate of drug-likeness (QED) is 0.233. The van der Waals surface area contributed by atoms with Gasteiger partial charge in [0, 0.05) is 0 Å². The number of hydrogen-bond donors (Lipinski definition) is 0. The van der Waals surface area contributed by atoms with Crippen LogP contribution in [0.3, 0.4) is 0 Å². The Morgan fingerprint density at radius 3 is 2.10 bits per heavy atom. The molecular weight excluding hydrogens is 493 g/mol. The maximum absolute atomic E-state index is 13.6. The Kier molecular flexibility index (Phi) is 7.94. The van der Waals surface area contributed by atoms with E-state index in [9.17, 15) is 31.1 Å². The van der Waals surface area contributed by atoms with Crippen LogP contribution in [0, 0.1) is 0 Å². The van der Waals surface area contributed by atoms with Crippen molar-refractivity contribution >= 4 is 46.8 Å². The molecule has 0 aliphatic rings. The first-order chi connectivity index (χ1) is 14.3. The molecule has 1 unspecified atom stereocenters. The van der Waals surface area contributed by atoms with Crippen LogP contribution in [0.15, 0.2) is 36.4 Å². The van der Waals surface area contributed by atoms with Crippen molar-refractivity contribution in [3.8, 4) is 0 Å². The van der Waals surface area contributed by atoms with Crippen LogP contribution in [-0.2, 0) is 10.9 Å². The van der Waals surface area contributed by atoms with Crippen molar-refractivity contribution in [3.05, 3.63) is 73.7 Å². The van der Waals surface area contributed by atoms with E-state index in [0.29, 0.717) is 12.1 Å². The average Bonchev–Trinajstić information content (AvgIpc) is 2.64. The number of benzene rings is 2. The van der Waals surface area contributed by atoms with Crippen molar-refractivity contribution in [2.24, 2.45) is 0 Å². The maximum Gasteiger partial charge on any atom is 0.417 e. The number of carbonyl (C=O) groups is 1. The number of esters is 1. The summed E-state index contributed by atoms with van der Waals surface area (Å²) in [6.45, 7) is 1.28. The van der Waals surface area contributed by atoms with Crippen molar-refractivity contribution in [1.82, 2.24) is 0 Å². The SMILES string of the molecule is CCOC(=O)c1ccc(C=CC(c2cc(Cl)c(Cl)c(Cl)c2)C(F)(F)F)cc1C(F)(F)F. The van der Waals surface area contributed by atoms with Crippen LogP contribution in [0.2, 0.25) is 15.1 Å². The fourth-order valence-corrected chi connectivity index (χ4v) is 3.27. The van der Waals surface area contributed by atoms with E-state index in [-0.39, 0.29) is 32.8 Å². The Balaban J connectivity index is 2.51. The van der Waals surface area contributed by atoms with Crippen LogP contribution in [0.1, 0.15) is 39.9 Å². The summed E-state index contributed by atoms with van der Waals surface area (Å²) in [7, 11) is 0. The number of allylic oxidation sites excluding steroid dienone is 1. The average molecular weight is 506 g/mol. The van der Waals surface area contributed by atoms with E-state index in [2.05, 4.69) is 4.74 Å². The molecule has 168 valence electrons. The fourth-order valence-electron chi connectivity index (χ4n) is 2.66. The smallest absolute Gasteiger partial charge is 0.417 e. The van der Waals surface area contributed by atoms with Gasteiger partial charge in [-0.05, 0) is 42.3 Å². The molecule has 2 aromatic rings. The molecule has 0 saturated heterocycles. The van der Waals surface area contributed by atoms with Crippen molar-refractivity contribution in [2.75, 3.05) is 6.61 Å². The van der Waals surface area contributed by atoms with Crippen molar-refractivity contribution in [1.29, 1.82) is 0 Å². The van der Waals surface area contributed by atoms with Crippen molar-refractivity contribution in [3.63, 3.8) is 0 Å². The highest BCUT2D eigenvalue weighted by molar-refractivity contribution is 6.48. The second-order valence-corrected chi connectivity index (χ2v) is 7.39. The first kappa shape index (κ1) is 25.4. The summed E-state index contributed by atoms with van der Waals surface area (Å²) in [5.74, 6) is -3.41. The van der Waals surface area contributed by atoms with E-state index < -0.39 is 35.4 Å². The number of carbonyl (C=O) groups excluding carboxylic acids is 1. The van der Waals surface area contributed by atoms with Gasteiger partial charge in [0.15, 0.2) is 0 Å². The van der Waals surface area contributed by atoms with Gasteiger partial charge in [0.2, 0.25) is 0 Å². The molecular formula is C20H13Cl3F6O2. The topological polar surface area (TPSA) is 26.3 Å². The van der Waals surface area contributed by atoms with Crippen LogP contribution in [0.25, 0.3) is 6.08 Å². The molecule has 0 fully saturated rings. The molecule has 2 aromatic carbocycles. The molecule has 11 heteroatoms. The van der Waals surface area contributed by atoms with E-state index in [0.717, 1.165) is 30.3 Å². The summed E-state index contributed by atoms with van der Waals surface area (Å²) < 4.78 is 85.4. The lowest BCUT2D eigenvalue weighted by atomic mass is 9.96. The zero-order chi connectivity index (χ0) is 23.6. The molecule has 0 bridgehead atoms. The number of halogens is 9. The van der Waals surface area contributed by atoms with E-state index in [1.54, 1.807) is 0 Å². The molecule has 0 spiro atoms. The molecule has 2 nitrogen and oxygen atoms in total. The van der Waals surface area contributed by atoms with Crippen molar-refractivity contribution < 1.29 is 35.9 Å². The molecule has 0 saturated carbocycles. The predicted molar refractivity (Wildman–Crippen MR) is 107 cm³/mol. The van der Waals surface area contributed by atoms with Crippen LogP contribution in [0.4, 0.5) is 26.3 Å². The van der Waals surface area contributed by atoms with E-state index in [4.69, 9.17) is 34.8 Å². The van der Waals surface area contributed by atoms with Gasteiger partial charge in [0.1, 0.15) is 0 Å². The number of alkyl halides is 6. The van der Waals surface area contributed by atoms with Crippen LogP contribution in [-0.4, -0.2) is 18.8 Å². The number of hydrogen-bond acceptors (Lipinski definition) is 2. The van der Waals surface area contributed by atoms with Crippen LogP contribution < -0.4 is 0 Å². The Hall–Kier alpha value is -1.90. The highest BCUT2D eigenvalue weighted by atomic mass is 35.5. The lowest BCUT2D eigenvalue weighted by Gasteiger charge is -2.18. The summed E-state index contributed by atoms with van der Waals surface area (Å²) in [5.41, 5.74) is -2.62. The van der Waals surface area contributed by atoms with Gasteiger partial charge in [-0.2, -0.15) is 26.3 Å². The third kappa shape index (κ3) is 6.30. The lowest BCUT2D eigenvalue weighted by Crippen LogP contribution is -2.19. The van der Waals surface area contributed by atoms with Gasteiger partial charge in [-0.3, -0.25) is 0 Å². The van der Waals surface area contributed by atoms with Gasteiger partial charge in [0.25, 0.3) is 0 Å². The second kappa shape index (κ2) is 9.71. The standard InChI is InChI=1S/C20H13Cl3F6O2/c1-2-31-18(30)12-5-3-10(7-14(12)20(27,28)29)4-6-13(19(24,25)26)11-8-15(21)17(23)16(22)9-11/h3-9,13H,2H2,1H3. The van der Waals surface area contributed by atoms with Gasteiger partial charge in [-0.1, -0.05) is 53.0 Å². The molecule has 0 amide bonds. The summed E-state index contributed by atoms with van der Waals surface area (Å²) in [5, 5.41) is -0.531. The zero-order valence-electron chi connectivity index (χ0n) is 15.5. The monoisotopic (exact) mass is 504 g/mol. The zero-order valence-corrected chi connectivity index (χ0v) is 17.8. The highest BCUT2D eigenvalue weighted by Crippen LogP contribution is 2.41. The summed E-state index contributed by atoms with van der Waals surface area (Å²) in [4.78, 5) is 11.8. The number of ether oxygens (including phenoxy) is 1. The minimum Gasteiger partial charge on any atom is -0.462 e. The molecule has 2 rings (SSSR count). The molecule has 0 aromatic heterocycles. The van der Waals surface area contributed by atoms with E-state index in [1.165, 1.54) is 6.92 Å². The minimum absolute atomic E-state index is 0.124. The third-order valence-electron chi connectivity index (χ3n) is 4.04. The molecule has 0 aliphatic heterocycles. The third-order valence-corrected chi connectivity index (χ3v) is 5.24. The largest absolute Gasteiger partial charge is 0.462 e. The first-order valence-corrected chi connectivity index (χ1v) is 9.66. The molecule has 0 N–H and O–H groups in total. The Morgan fingerprint density at radius 1 is 1.03 bits per heavy atom. The van der Waals surface area contributed by atoms with Crippen LogP contribution in [0.5, 0.6) is 0 Å². The summed E-state index contributed by atoms with van der Waals surface area (Å²) in [6, 6.07) is 4.44. The van der Waals surface area contributed by atoms with Gasteiger partial charge in [-0.15, -0.1) is 0 Å². The molecule has 0 heterocycles. The van der Waals surface area contributed by atoms with E-state index >= 15 is 0 Å². The maximum atomic E-state index is 13.6. The molecule has 0 aliphatic carbocycles. The highest BCUT2D eigenvalue weighted by Gasteiger charge is 2.40. The molecule has 0 radical (unpaired) electrons. The normalized spacial score (nSPS) is 13.5. The minimum atomic E-state index is -4.92. The molecule has 1 atom stereocenters. The van der Waals surface area contributed by atoms with Gasteiger partial charge >= 0.3 is 18.3 Å². The fraction of sp³-hybridized carbons (Fsp3) is 0.250. The Bertz CT molecular complexity index is 976. The van der Waals surface area contributed by atoms with Gasteiger partial charge in [0.05, 0.1) is 38.7 Å². The number of rotatable bonds is 5. The summed E-state index contributed by atoms with van der Waals surface area (Å²) >= 11 is 17.4.